The van der Waals surface area contributed by atoms with Crippen molar-refractivity contribution < 1.29 is 14.7 Å². The fourth-order valence-corrected chi connectivity index (χ4v) is 1.25. The van der Waals surface area contributed by atoms with E-state index < -0.39 is 11.9 Å². The zero-order valence-electron chi connectivity index (χ0n) is 7.78. The Hall–Kier alpha value is -1.84. The Bertz CT molecular complexity index is 385. The van der Waals surface area contributed by atoms with Gasteiger partial charge >= 0.3 is 5.97 Å². The van der Waals surface area contributed by atoms with Crippen LogP contribution in [0.5, 0.6) is 0 Å². The SMILES string of the molecule is CCc1cc(C(N)=O)ccc1C(=O)O. The standard InChI is InChI=1S/C10H11NO3/c1-2-6-5-7(9(11)12)3-4-8(6)10(13)14/h3-5H,2H2,1H3,(H2,11,12)(H,13,14). The molecule has 0 aliphatic heterocycles. The first-order valence-electron chi connectivity index (χ1n) is 4.22. The van der Waals surface area contributed by atoms with E-state index in [0.29, 0.717) is 17.5 Å². The minimum Gasteiger partial charge on any atom is -0.478 e. The maximum atomic E-state index is 10.8. The number of nitrogens with two attached hydrogens (primary N) is 1. The number of aryl methyl sites for hydroxylation is 1. The summed E-state index contributed by atoms with van der Waals surface area (Å²) in [6, 6.07) is 4.35. The van der Waals surface area contributed by atoms with Crippen LogP contribution in [-0.4, -0.2) is 17.0 Å². The van der Waals surface area contributed by atoms with Gasteiger partial charge in [-0.05, 0) is 30.2 Å². The van der Waals surface area contributed by atoms with Crippen molar-refractivity contribution in [1.82, 2.24) is 0 Å². The second-order valence-electron chi connectivity index (χ2n) is 2.89. The highest BCUT2D eigenvalue weighted by Crippen LogP contribution is 2.12. The minimum atomic E-state index is -0.988. The number of hydrogen-bond donors (Lipinski definition) is 2. The highest BCUT2D eigenvalue weighted by atomic mass is 16.4. The van der Waals surface area contributed by atoms with Gasteiger partial charge in [0.15, 0.2) is 0 Å². The lowest BCUT2D eigenvalue weighted by molar-refractivity contribution is 0.0695. The van der Waals surface area contributed by atoms with Crippen LogP contribution in [0.4, 0.5) is 0 Å². The molecule has 0 atom stereocenters. The summed E-state index contributed by atoms with van der Waals surface area (Å²) in [5, 5.41) is 8.81. The topological polar surface area (TPSA) is 80.4 Å². The summed E-state index contributed by atoms with van der Waals surface area (Å²) in [5.74, 6) is -1.53. The third-order valence-electron chi connectivity index (χ3n) is 2.00. The second-order valence-corrected chi connectivity index (χ2v) is 2.89. The molecule has 74 valence electrons. The Morgan fingerprint density at radius 3 is 2.50 bits per heavy atom. The number of hydrogen-bond acceptors (Lipinski definition) is 2. The fourth-order valence-electron chi connectivity index (χ4n) is 1.25. The van der Waals surface area contributed by atoms with E-state index in [1.165, 1.54) is 18.2 Å². The Morgan fingerprint density at radius 1 is 1.43 bits per heavy atom. The Kier molecular flexibility index (Phi) is 2.86. The third kappa shape index (κ3) is 1.90. The van der Waals surface area contributed by atoms with Gasteiger partial charge in [0, 0.05) is 5.56 Å². The molecule has 0 unspecified atom stereocenters. The molecule has 3 N–H and O–H groups in total. The number of carboxylic acid groups (broad SMARTS) is 1. The molecule has 4 heteroatoms. The van der Waals surface area contributed by atoms with Crippen LogP contribution in [0.2, 0.25) is 0 Å². The van der Waals surface area contributed by atoms with Crippen molar-refractivity contribution in [1.29, 1.82) is 0 Å². The van der Waals surface area contributed by atoms with E-state index in [2.05, 4.69) is 0 Å². The zero-order chi connectivity index (χ0) is 10.7. The van der Waals surface area contributed by atoms with Crippen molar-refractivity contribution in [2.75, 3.05) is 0 Å². The largest absolute Gasteiger partial charge is 0.478 e. The predicted molar refractivity (Wildman–Crippen MR) is 51.3 cm³/mol. The summed E-state index contributed by atoms with van der Waals surface area (Å²) in [7, 11) is 0. The summed E-state index contributed by atoms with van der Waals surface area (Å²) < 4.78 is 0. The minimum absolute atomic E-state index is 0.220. The summed E-state index contributed by atoms with van der Waals surface area (Å²) in [5.41, 5.74) is 6.26. The molecule has 0 bridgehead atoms. The summed E-state index contributed by atoms with van der Waals surface area (Å²) in [6.07, 6.45) is 0.558. The summed E-state index contributed by atoms with van der Waals surface area (Å²) in [4.78, 5) is 21.6. The third-order valence-corrected chi connectivity index (χ3v) is 2.00. The van der Waals surface area contributed by atoms with E-state index in [-0.39, 0.29) is 5.56 Å². The number of benzene rings is 1. The molecule has 0 aliphatic rings. The van der Waals surface area contributed by atoms with Gasteiger partial charge in [0.1, 0.15) is 0 Å². The van der Waals surface area contributed by atoms with Gasteiger partial charge in [-0.3, -0.25) is 4.79 Å². The van der Waals surface area contributed by atoms with Crippen LogP contribution in [0, 0.1) is 0 Å². The molecule has 0 fully saturated rings. The maximum absolute atomic E-state index is 10.8. The van der Waals surface area contributed by atoms with Crippen molar-refractivity contribution in [3.05, 3.63) is 34.9 Å². The molecule has 1 rings (SSSR count). The molecule has 1 aromatic carbocycles. The number of carbonyl (C=O) groups excluding carboxylic acids is 1. The normalized spacial score (nSPS) is 9.79. The van der Waals surface area contributed by atoms with Crippen molar-refractivity contribution in [2.45, 2.75) is 13.3 Å². The van der Waals surface area contributed by atoms with E-state index in [4.69, 9.17) is 10.8 Å². The van der Waals surface area contributed by atoms with Crippen LogP contribution in [0.15, 0.2) is 18.2 Å². The quantitative estimate of drug-likeness (QED) is 0.752. The van der Waals surface area contributed by atoms with Gasteiger partial charge in [0.25, 0.3) is 0 Å². The summed E-state index contributed by atoms with van der Waals surface area (Å²) in [6.45, 7) is 1.83. The number of carbonyl (C=O) groups is 2. The molecule has 0 saturated heterocycles. The lowest BCUT2D eigenvalue weighted by atomic mass is 10.0. The zero-order valence-corrected chi connectivity index (χ0v) is 7.78. The van der Waals surface area contributed by atoms with E-state index >= 15 is 0 Å². The van der Waals surface area contributed by atoms with E-state index in [9.17, 15) is 9.59 Å². The first-order chi connectivity index (χ1) is 6.56. The molecule has 1 amide bonds. The van der Waals surface area contributed by atoms with E-state index in [0.717, 1.165) is 0 Å². The lowest BCUT2D eigenvalue weighted by Crippen LogP contribution is -2.12. The fraction of sp³-hybridized carbons (Fsp3) is 0.200. The highest BCUT2D eigenvalue weighted by molar-refractivity contribution is 5.95. The first kappa shape index (κ1) is 10.2. The Labute approximate surface area is 81.3 Å². The monoisotopic (exact) mass is 193 g/mol. The molecular weight excluding hydrogens is 182 g/mol. The lowest BCUT2D eigenvalue weighted by Gasteiger charge is -2.04. The number of rotatable bonds is 3. The van der Waals surface area contributed by atoms with Crippen molar-refractivity contribution >= 4 is 11.9 Å². The Morgan fingerprint density at radius 2 is 2.07 bits per heavy atom. The molecule has 0 aliphatic carbocycles. The van der Waals surface area contributed by atoms with Crippen LogP contribution in [0.1, 0.15) is 33.2 Å². The molecule has 14 heavy (non-hydrogen) atoms. The van der Waals surface area contributed by atoms with Gasteiger partial charge in [-0.15, -0.1) is 0 Å². The molecule has 0 aromatic heterocycles. The predicted octanol–water partition coefficient (Wildman–Crippen LogP) is 1.05. The van der Waals surface area contributed by atoms with Crippen LogP contribution >= 0.6 is 0 Å². The van der Waals surface area contributed by atoms with Gasteiger partial charge in [0.2, 0.25) is 5.91 Å². The van der Waals surface area contributed by atoms with E-state index in [1.54, 1.807) is 0 Å². The first-order valence-corrected chi connectivity index (χ1v) is 4.22. The van der Waals surface area contributed by atoms with Crippen molar-refractivity contribution in [3.8, 4) is 0 Å². The number of amides is 1. The van der Waals surface area contributed by atoms with Crippen molar-refractivity contribution in [2.24, 2.45) is 5.73 Å². The maximum Gasteiger partial charge on any atom is 0.335 e. The van der Waals surface area contributed by atoms with Crippen LogP contribution in [-0.2, 0) is 6.42 Å². The van der Waals surface area contributed by atoms with Gasteiger partial charge in [-0.2, -0.15) is 0 Å². The number of carboxylic acids is 1. The Balaban J connectivity index is 3.25. The molecule has 0 radical (unpaired) electrons. The molecule has 0 spiro atoms. The van der Waals surface area contributed by atoms with Crippen LogP contribution in [0.25, 0.3) is 0 Å². The average molecular weight is 193 g/mol. The molecule has 4 nitrogen and oxygen atoms in total. The molecule has 0 saturated carbocycles. The van der Waals surface area contributed by atoms with Gasteiger partial charge in [-0.1, -0.05) is 6.92 Å². The van der Waals surface area contributed by atoms with Crippen LogP contribution < -0.4 is 5.73 Å². The van der Waals surface area contributed by atoms with Gasteiger partial charge in [0.05, 0.1) is 5.56 Å². The second kappa shape index (κ2) is 3.91. The number of primary amides is 1. The van der Waals surface area contributed by atoms with Crippen LogP contribution in [0.3, 0.4) is 0 Å². The molecular formula is C10H11NO3. The average Bonchev–Trinajstić information content (AvgIpc) is 2.16. The highest BCUT2D eigenvalue weighted by Gasteiger charge is 2.10. The molecule has 0 heterocycles. The summed E-state index contributed by atoms with van der Waals surface area (Å²) >= 11 is 0. The van der Waals surface area contributed by atoms with Gasteiger partial charge in [-0.25, -0.2) is 4.79 Å². The van der Waals surface area contributed by atoms with Crippen molar-refractivity contribution in [3.63, 3.8) is 0 Å². The molecule has 1 aromatic rings. The van der Waals surface area contributed by atoms with Gasteiger partial charge < -0.3 is 10.8 Å². The number of aromatic carboxylic acids is 1. The smallest absolute Gasteiger partial charge is 0.335 e. The van der Waals surface area contributed by atoms with E-state index in [1.807, 2.05) is 6.92 Å².